The Hall–Kier alpha value is -2.65. The highest BCUT2D eigenvalue weighted by molar-refractivity contribution is 5.94. The molecule has 8 nitrogen and oxygen atoms in total. The summed E-state index contributed by atoms with van der Waals surface area (Å²) in [6, 6.07) is 10.5. The topological polar surface area (TPSA) is 109 Å². The van der Waals surface area contributed by atoms with Gasteiger partial charge < -0.3 is 29.5 Å². The molecule has 0 aliphatic carbocycles. The molecule has 4 heterocycles. The number of aliphatic hydroxyl groups excluding tert-OH is 3. The smallest absolute Gasteiger partial charge is 0.345 e. The molecule has 4 aliphatic rings. The van der Waals surface area contributed by atoms with Gasteiger partial charge in [0.25, 0.3) is 0 Å². The van der Waals surface area contributed by atoms with Gasteiger partial charge in [0.1, 0.15) is 11.3 Å². The lowest BCUT2D eigenvalue weighted by Gasteiger charge is -2.49. The summed E-state index contributed by atoms with van der Waals surface area (Å²) in [6.45, 7) is 4.48. The lowest BCUT2D eigenvalue weighted by Crippen LogP contribution is -2.57. The van der Waals surface area contributed by atoms with Crippen molar-refractivity contribution in [3.05, 3.63) is 70.6 Å². The molecule has 0 spiro atoms. The second-order valence-electron chi connectivity index (χ2n) is 12.0. The number of aliphatic hydroxyl groups is 3. The summed E-state index contributed by atoms with van der Waals surface area (Å²) in [7, 11) is 1.42. The Morgan fingerprint density at radius 1 is 1.10 bits per heavy atom. The molecule has 3 N–H and O–H groups in total. The van der Waals surface area contributed by atoms with Crippen LogP contribution in [0.4, 0.5) is 0 Å². The Morgan fingerprint density at radius 3 is 2.55 bits per heavy atom. The molecule has 2 fully saturated rings. The minimum atomic E-state index is -0.668. The average molecular weight is 554 g/mol. The van der Waals surface area contributed by atoms with E-state index in [2.05, 4.69) is 49.1 Å². The molecule has 1 aromatic carbocycles. The van der Waals surface area contributed by atoms with Crippen molar-refractivity contribution in [2.45, 2.75) is 70.6 Å². The molecule has 0 amide bonds. The molecular weight excluding hydrogens is 510 g/mol. The SMILES string of the molecule is COC1=C(CO)C(=O)O/C1=C1/OC2=CCCN3[C@@H](C[C@H](Cc4ccccc4)C[C@H]3[C@@H](O)CCC(C)C)[C@H]2[C@@H]1CO. The molecule has 40 heavy (non-hydrogen) atoms. The van der Waals surface area contributed by atoms with Crippen LogP contribution in [-0.2, 0) is 25.4 Å². The Labute approximate surface area is 236 Å². The quantitative estimate of drug-likeness (QED) is 0.398. The molecule has 1 aromatic rings. The van der Waals surface area contributed by atoms with E-state index in [1.54, 1.807) is 0 Å². The Kier molecular flexibility index (Phi) is 9.00. The predicted octanol–water partition coefficient (Wildman–Crippen LogP) is 3.68. The van der Waals surface area contributed by atoms with E-state index in [1.165, 1.54) is 12.7 Å². The summed E-state index contributed by atoms with van der Waals surface area (Å²) in [6.07, 6.45) is 6.87. The normalized spacial score (nSPS) is 31.3. The maximum Gasteiger partial charge on any atom is 0.345 e. The monoisotopic (exact) mass is 553 g/mol. The number of carbonyl (C=O) groups excluding carboxylic acids is 1. The number of hydrogen-bond acceptors (Lipinski definition) is 8. The van der Waals surface area contributed by atoms with Gasteiger partial charge in [0.2, 0.25) is 5.76 Å². The maximum atomic E-state index is 12.5. The van der Waals surface area contributed by atoms with Gasteiger partial charge >= 0.3 is 5.97 Å². The molecular formula is C32H43NO7. The average Bonchev–Trinajstić information content (AvgIpc) is 3.42. The first-order chi connectivity index (χ1) is 19.4. The number of nitrogens with zero attached hydrogens (tertiary/aromatic N) is 1. The molecule has 0 radical (unpaired) electrons. The lowest BCUT2D eigenvalue weighted by molar-refractivity contribution is -0.134. The largest absolute Gasteiger partial charge is 0.492 e. The summed E-state index contributed by atoms with van der Waals surface area (Å²) >= 11 is 0. The van der Waals surface area contributed by atoms with Gasteiger partial charge in [-0.15, -0.1) is 0 Å². The number of piperidine rings is 1. The van der Waals surface area contributed by atoms with Gasteiger partial charge in [0.15, 0.2) is 11.5 Å². The van der Waals surface area contributed by atoms with Crippen LogP contribution in [-0.4, -0.2) is 71.2 Å². The van der Waals surface area contributed by atoms with Gasteiger partial charge in [-0.1, -0.05) is 44.2 Å². The van der Waals surface area contributed by atoms with Crippen molar-refractivity contribution >= 4 is 5.97 Å². The van der Waals surface area contributed by atoms with Crippen LogP contribution >= 0.6 is 0 Å². The molecule has 0 aromatic heterocycles. The number of esters is 1. The number of benzene rings is 1. The van der Waals surface area contributed by atoms with E-state index in [0.29, 0.717) is 17.6 Å². The number of rotatable bonds is 9. The Balaban J connectivity index is 1.51. The minimum absolute atomic E-state index is 0.00902. The van der Waals surface area contributed by atoms with Gasteiger partial charge in [0, 0.05) is 24.5 Å². The standard InChI is InChI=1S/C32H43NO7/c1-19(2)11-12-26(36)24-15-21(14-20-8-5-4-6-9-20)16-25-28-22(17-34)30(39-27(28)10-7-13-33(24)25)31-29(38-3)23(18-35)32(37)40-31/h4-6,8-10,19,21-22,24-26,28,34-36H,7,11-18H2,1-3H3/b31-30+/t21-,22+,24+,25+,26+,28-/m1/s1. The number of ether oxygens (including phenoxy) is 3. The molecule has 218 valence electrons. The van der Waals surface area contributed by atoms with Crippen molar-refractivity contribution in [3.63, 3.8) is 0 Å². The summed E-state index contributed by atoms with van der Waals surface area (Å²) in [5.41, 5.74) is 1.33. The van der Waals surface area contributed by atoms with Crippen molar-refractivity contribution in [1.29, 1.82) is 0 Å². The molecule has 0 unspecified atom stereocenters. The molecule has 5 rings (SSSR count). The highest BCUT2D eigenvalue weighted by Gasteiger charge is 2.52. The first-order valence-electron chi connectivity index (χ1n) is 14.7. The predicted molar refractivity (Wildman–Crippen MR) is 149 cm³/mol. The fourth-order valence-corrected chi connectivity index (χ4v) is 7.15. The summed E-state index contributed by atoms with van der Waals surface area (Å²) in [5.74, 6) is 1.03. The molecule has 0 saturated carbocycles. The minimum Gasteiger partial charge on any atom is -0.492 e. The summed E-state index contributed by atoms with van der Waals surface area (Å²) < 4.78 is 17.4. The van der Waals surface area contributed by atoms with E-state index < -0.39 is 24.6 Å². The fraction of sp³-hybridized carbons (Fsp3) is 0.594. The fourth-order valence-electron chi connectivity index (χ4n) is 7.15. The van der Waals surface area contributed by atoms with Crippen molar-refractivity contribution in [1.82, 2.24) is 4.90 Å². The third-order valence-electron chi connectivity index (χ3n) is 9.03. The van der Waals surface area contributed by atoms with Crippen molar-refractivity contribution < 1.29 is 34.3 Å². The molecule has 4 aliphatic heterocycles. The number of cyclic esters (lactones) is 1. The molecule has 6 atom stereocenters. The third kappa shape index (κ3) is 5.59. The first kappa shape index (κ1) is 28.9. The van der Waals surface area contributed by atoms with Crippen LogP contribution in [0.25, 0.3) is 0 Å². The highest BCUT2D eigenvalue weighted by atomic mass is 16.6. The van der Waals surface area contributed by atoms with Gasteiger partial charge in [-0.2, -0.15) is 0 Å². The van der Waals surface area contributed by atoms with Crippen LogP contribution < -0.4 is 0 Å². The van der Waals surface area contributed by atoms with Crippen LogP contribution in [0, 0.1) is 23.7 Å². The van der Waals surface area contributed by atoms with E-state index in [0.717, 1.165) is 50.8 Å². The maximum absolute atomic E-state index is 12.5. The third-order valence-corrected chi connectivity index (χ3v) is 9.03. The van der Waals surface area contributed by atoms with Crippen LogP contribution in [0.15, 0.2) is 65.0 Å². The van der Waals surface area contributed by atoms with Crippen LogP contribution in [0.5, 0.6) is 0 Å². The van der Waals surface area contributed by atoms with Crippen molar-refractivity contribution in [2.24, 2.45) is 23.7 Å². The number of methoxy groups -OCH3 is 1. The van der Waals surface area contributed by atoms with E-state index >= 15 is 0 Å². The number of carbonyl (C=O) groups is 1. The zero-order valence-corrected chi connectivity index (χ0v) is 23.8. The zero-order chi connectivity index (χ0) is 28.4. The molecule has 8 heteroatoms. The lowest BCUT2D eigenvalue weighted by atomic mass is 9.73. The van der Waals surface area contributed by atoms with Gasteiger partial charge in [-0.05, 0) is 62.0 Å². The van der Waals surface area contributed by atoms with Crippen molar-refractivity contribution in [3.8, 4) is 0 Å². The van der Waals surface area contributed by atoms with E-state index in [1.807, 2.05) is 6.07 Å². The van der Waals surface area contributed by atoms with Gasteiger partial charge in [0.05, 0.1) is 32.3 Å². The second-order valence-corrected chi connectivity index (χ2v) is 12.0. The molecule has 2 saturated heterocycles. The number of hydrogen-bond donors (Lipinski definition) is 3. The highest BCUT2D eigenvalue weighted by Crippen LogP contribution is 2.50. The van der Waals surface area contributed by atoms with Crippen molar-refractivity contribution in [2.75, 3.05) is 26.9 Å². The van der Waals surface area contributed by atoms with E-state index in [9.17, 15) is 20.1 Å². The summed E-state index contributed by atoms with van der Waals surface area (Å²) in [5, 5.41) is 32.0. The first-order valence-corrected chi connectivity index (χ1v) is 14.7. The van der Waals surface area contributed by atoms with Crippen LogP contribution in [0.1, 0.15) is 51.5 Å². The zero-order valence-electron chi connectivity index (χ0n) is 23.8. The van der Waals surface area contributed by atoms with Crippen LogP contribution in [0.3, 0.4) is 0 Å². The number of fused-ring (bicyclic) bond motifs is 3. The van der Waals surface area contributed by atoms with Crippen LogP contribution in [0.2, 0.25) is 0 Å². The Bertz CT molecular complexity index is 1160. The summed E-state index contributed by atoms with van der Waals surface area (Å²) in [4.78, 5) is 14.9. The molecule has 0 bridgehead atoms. The Morgan fingerprint density at radius 2 is 1.88 bits per heavy atom. The van der Waals surface area contributed by atoms with Gasteiger partial charge in [-0.3, -0.25) is 4.90 Å². The second kappa shape index (κ2) is 12.5. The van der Waals surface area contributed by atoms with E-state index in [4.69, 9.17) is 14.2 Å². The van der Waals surface area contributed by atoms with Gasteiger partial charge in [-0.25, -0.2) is 4.79 Å². The van der Waals surface area contributed by atoms with E-state index in [-0.39, 0.29) is 41.7 Å².